The maximum atomic E-state index is 12.8. The SMILES string of the molecule is CCC(N)(CC)CNC(=O)Cc1ccccc1C(F)(F)F. The Morgan fingerprint density at radius 3 is 2.29 bits per heavy atom. The maximum Gasteiger partial charge on any atom is 0.416 e. The first kappa shape index (κ1) is 17.5. The van der Waals surface area contributed by atoms with Gasteiger partial charge in [0.05, 0.1) is 12.0 Å². The lowest BCUT2D eigenvalue weighted by Crippen LogP contribution is -2.49. The van der Waals surface area contributed by atoms with Crippen LogP contribution in [0.3, 0.4) is 0 Å². The average Bonchev–Trinajstić information content (AvgIpc) is 2.44. The van der Waals surface area contributed by atoms with E-state index in [0.717, 1.165) is 6.07 Å². The van der Waals surface area contributed by atoms with Crippen molar-refractivity contribution in [3.63, 3.8) is 0 Å². The van der Waals surface area contributed by atoms with Crippen molar-refractivity contribution in [3.8, 4) is 0 Å². The van der Waals surface area contributed by atoms with E-state index in [1.165, 1.54) is 18.2 Å². The van der Waals surface area contributed by atoms with Gasteiger partial charge in [-0.25, -0.2) is 0 Å². The predicted molar refractivity (Wildman–Crippen MR) is 75.7 cm³/mol. The molecule has 0 heterocycles. The lowest BCUT2D eigenvalue weighted by molar-refractivity contribution is -0.138. The van der Waals surface area contributed by atoms with Crippen LogP contribution in [0, 0.1) is 0 Å². The minimum absolute atomic E-state index is 0.0295. The highest BCUT2D eigenvalue weighted by molar-refractivity contribution is 5.79. The van der Waals surface area contributed by atoms with Crippen molar-refractivity contribution < 1.29 is 18.0 Å². The van der Waals surface area contributed by atoms with E-state index >= 15 is 0 Å². The van der Waals surface area contributed by atoms with Crippen LogP contribution in [-0.4, -0.2) is 18.0 Å². The van der Waals surface area contributed by atoms with Gasteiger partial charge in [0.1, 0.15) is 0 Å². The molecule has 0 saturated heterocycles. The van der Waals surface area contributed by atoms with Gasteiger partial charge in [0, 0.05) is 12.1 Å². The molecule has 1 amide bonds. The fraction of sp³-hybridized carbons (Fsp3) is 0.533. The van der Waals surface area contributed by atoms with E-state index in [0.29, 0.717) is 12.8 Å². The van der Waals surface area contributed by atoms with Crippen molar-refractivity contribution >= 4 is 5.91 Å². The molecule has 1 rings (SSSR count). The standard InChI is InChI=1S/C15H21F3N2O/c1-3-14(19,4-2)10-20-13(21)9-11-7-5-6-8-12(11)15(16,17)18/h5-8H,3-4,9-10,19H2,1-2H3,(H,20,21). The van der Waals surface area contributed by atoms with Gasteiger partial charge in [0.2, 0.25) is 5.91 Å². The molecule has 3 N–H and O–H groups in total. The first-order chi connectivity index (χ1) is 9.72. The normalized spacial score (nSPS) is 12.3. The van der Waals surface area contributed by atoms with Crippen molar-refractivity contribution in [1.29, 1.82) is 0 Å². The summed E-state index contributed by atoms with van der Waals surface area (Å²) >= 11 is 0. The van der Waals surface area contributed by atoms with Gasteiger partial charge in [0.15, 0.2) is 0 Å². The summed E-state index contributed by atoms with van der Waals surface area (Å²) in [6.07, 6.45) is -3.40. The number of hydrogen-bond acceptors (Lipinski definition) is 2. The second-order valence-electron chi connectivity index (χ2n) is 5.18. The molecule has 0 radical (unpaired) electrons. The van der Waals surface area contributed by atoms with Crippen LogP contribution < -0.4 is 11.1 Å². The lowest BCUT2D eigenvalue weighted by atomic mass is 9.94. The van der Waals surface area contributed by atoms with Gasteiger partial charge >= 0.3 is 6.18 Å². The Kier molecular flexibility index (Phi) is 5.78. The van der Waals surface area contributed by atoms with Crippen molar-refractivity contribution in [1.82, 2.24) is 5.32 Å². The topological polar surface area (TPSA) is 55.1 Å². The van der Waals surface area contributed by atoms with Crippen LogP contribution in [0.2, 0.25) is 0 Å². The fourth-order valence-electron chi connectivity index (χ4n) is 1.96. The van der Waals surface area contributed by atoms with E-state index in [-0.39, 0.29) is 18.5 Å². The van der Waals surface area contributed by atoms with E-state index in [4.69, 9.17) is 5.73 Å². The molecule has 1 aromatic carbocycles. The van der Waals surface area contributed by atoms with Gasteiger partial charge in [-0.1, -0.05) is 32.0 Å². The number of carbonyl (C=O) groups excluding carboxylic acids is 1. The third-order valence-corrected chi connectivity index (χ3v) is 3.72. The molecule has 21 heavy (non-hydrogen) atoms. The molecule has 0 aromatic heterocycles. The van der Waals surface area contributed by atoms with Crippen LogP contribution in [-0.2, 0) is 17.4 Å². The Bertz CT molecular complexity index is 482. The van der Waals surface area contributed by atoms with Gasteiger partial charge in [-0.15, -0.1) is 0 Å². The second-order valence-corrected chi connectivity index (χ2v) is 5.18. The number of rotatable bonds is 6. The third-order valence-electron chi connectivity index (χ3n) is 3.72. The van der Waals surface area contributed by atoms with Gasteiger partial charge in [-0.05, 0) is 24.5 Å². The number of amides is 1. The quantitative estimate of drug-likeness (QED) is 0.849. The van der Waals surface area contributed by atoms with Crippen LogP contribution in [0.4, 0.5) is 13.2 Å². The Morgan fingerprint density at radius 2 is 1.76 bits per heavy atom. The number of nitrogens with one attached hydrogen (secondary N) is 1. The highest BCUT2D eigenvalue weighted by atomic mass is 19.4. The third kappa shape index (κ3) is 5.04. The molecule has 0 spiro atoms. The van der Waals surface area contributed by atoms with E-state index < -0.39 is 23.2 Å². The summed E-state index contributed by atoms with van der Waals surface area (Å²) in [6.45, 7) is 4.08. The Morgan fingerprint density at radius 1 is 1.19 bits per heavy atom. The van der Waals surface area contributed by atoms with Crippen LogP contribution in [0.15, 0.2) is 24.3 Å². The molecule has 6 heteroatoms. The molecule has 0 saturated carbocycles. The molecule has 0 fully saturated rings. The van der Waals surface area contributed by atoms with Gasteiger partial charge in [-0.3, -0.25) is 4.79 Å². The van der Waals surface area contributed by atoms with Crippen LogP contribution in [0.1, 0.15) is 37.8 Å². The highest BCUT2D eigenvalue weighted by Gasteiger charge is 2.33. The lowest BCUT2D eigenvalue weighted by Gasteiger charge is -2.26. The smallest absolute Gasteiger partial charge is 0.354 e. The van der Waals surface area contributed by atoms with Crippen molar-refractivity contribution in [2.24, 2.45) is 5.73 Å². The summed E-state index contributed by atoms with van der Waals surface area (Å²) in [5.74, 6) is -0.455. The number of alkyl halides is 3. The molecular weight excluding hydrogens is 281 g/mol. The summed E-state index contributed by atoms with van der Waals surface area (Å²) in [6, 6.07) is 5.10. The molecule has 0 aliphatic rings. The van der Waals surface area contributed by atoms with Crippen molar-refractivity contribution in [2.45, 2.75) is 44.8 Å². The summed E-state index contributed by atoms with van der Waals surface area (Å²) in [5.41, 5.74) is 4.73. The molecule has 0 unspecified atom stereocenters. The van der Waals surface area contributed by atoms with Gasteiger partial charge < -0.3 is 11.1 Å². The molecular formula is C15H21F3N2O. The first-order valence-electron chi connectivity index (χ1n) is 6.92. The van der Waals surface area contributed by atoms with E-state index in [9.17, 15) is 18.0 Å². The van der Waals surface area contributed by atoms with E-state index in [1.807, 2.05) is 13.8 Å². The zero-order valence-corrected chi connectivity index (χ0v) is 12.3. The van der Waals surface area contributed by atoms with Crippen molar-refractivity contribution in [2.75, 3.05) is 6.54 Å². The molecule has 1 aromatic rings. The Hall–Kier alpha value is -1.56. The molecule has 118 valence electrons. The van der Waals surface area contributed by atoms with E-state index in [1.54, 1.807) is 0 Å². The first-order valence-corrected chi connectivity index (χ1v) is 6.92. The Labute approximate surface area is 122 Å². The van der Waals surface area contributed by atoms with E-state index in [2.05, 4.69) is 5.32 Å². The summed E-state index contributed by atoms with van der Waals surface area (Å²) in [4.78, 5) is 11.8. The minimum Gasteiger partial charge on any atom is -0.354 e. The van der Waals surface area contributed by atoms with Crippen LogP contribution >= 0.6 is 0 Å². The van der Waals surface area contributed by atoms with Crippen LogP contribution in [0.5, 0.6) is 0 Å². The molecule has 0 aliphatic carbocycles. The number of carbonyl (C=O) groups is 1. The van der Waals surface area contributed by atoms with Gasteiger partial charge in [0.25, 0.3) is 0 Å². The summed E-state index contributed by atoms with van der Waals surface area (Å²) < 4.78 is 38.5. The molecule has 0 aliphatic heterocycles. The average molecular weight is 302 g/mol. The number of halogens is 3. The second kappa shape index (κ2) is 6.93. The number of nitrogens with two attached hydrogens (primary N) is 1. The Balaban J connectivity index is 2.72. The molecule has 0 bridgehead atoms. The van der Waals surface area contributed by atoms with Crippen molar-refractivity contribution in [3.05, 3.63) is 35.4 Å². The minimum atomic E-state index is -4.46. The largest absolute Gasteiger partial charge is 0.416 e. The predicted octanol–water partition coefficient (Wildman–Crippen LogP) is 2.88. The molecule has 0 atom stereocenters. The zero-order valence-electron chi connectivity index (χ0n) is 12.3. The summed E-state index contributed by atoms with van der Waals surface area (Å²) in [7, 11) is 0. The summed E-state index contributed by atoms with van der Waals surface area (Å²) in [5, 5.41) is 2.62. The number of hydrogen-bond donors (Lipinski definition) is 2. The van der Waals surface area contributed by atoms with Gasteiger partial charge in [-0.2, -0.15) is 13.2 Å². The molecule has 3 nitrogen and oxygen atoms in total. The monoisotopic (exact) mass is 302 g/mol. The maximum absolute atomic E-state index is 12.8. The van der Waals surface area contributed by atoms with Crippen LogP contribution in [0.25, 0.3) is 0 Å². The fourth-order valence-corrected chi connectivity index (χ4v) is 1.96. The number of benzene rings is 1. The highest BCUT2D eigenvalue weighted by Crippen LogP contribution is 2.31. The zero-order chi connectivity index (χ0) is 16.1.